The minimum Gasteiger partial charge on any atom is -0.494 e. The molecule has 2 atom stereocenters. The maximum atomic E-state index is 5.90. The molecule has 2 saturated heterocycles. The average Bonchev–Trinajstić information content (AvgIpc) is 2.64. The zero-order valence-corrected chi connectivity index (χ0v) is 15.7. The Kier molecular flexibility index (Phi) is 7.11. The van der Waals surface area contributed by atoms with Crippen molar-refractivity contribution in [1.29, 1.82) is 0 Å². The summed E-state index contributed by atoms with van der Waals surface area (Å²) in [7, 11) is 0. The fraction of sp³-hybridized carbons (Fsp3) is 0.700. The Hall–Kier alpha value is -1.14. The summed E-state index contributed by atoms with van der Waals surface area (Å²) in [5.41, 5.74) is 1.36. The highest BCUT2D eigenvalue weighted by Crippen LogP contribution is 2.16. The van der Waals surface area contributed by atoms with Crippen LogP contribution >= 0.6 is 0 Å². The van der Waals surface area contributed by atoms with Crippen LogP contribution in [0.4, 0.5) is 0 Å². The van der Waals surface area contributed by atoms with Crippen LogP contribution in [0.15, 0.2) is 24.3 Å². The molecular weight excluding hydrogens is 314 g/mol. The van der Waals surface area contributed by atoms with E-state index < -0.39 is 0 Å². The summed E-state index contributed by atoms with van der Waals surface area (Å²) in [5, 5.41) is 3.54. The molecule has 2 fully saturated rings. The number of ether oxygens (including phenoxy) is 2. The van der Waals surface area contributed by atoms with Crippen LogP contribution in [0, 0.1) is 0 Å². The minimum atomic E-state index is 0.574. The van der Waals surface area contributed by atoms with Gasteiger partial charge in [0.05, 0.1) is 19.8 Å². The minimum absolute atomic E-state index is 0.574. The molecule has 2 aliphatic rings. The monoisotopic (exact) mass is 347 g/mol. The molecule has 25 heavy (non-hydrogen) atoms. The first-order chi connectivity index (χ1) is 12.2. The third-order valence-electron chi connectivity index (χ3n) is 5.19. The van der Waals surface area contributed by atoms with E-state index in [1.807, 2.05) is 0 Å². The lowest BCUT2D eigenvalue weighted by Crippen LogP contribution is -2.53. The zero-order chi connectivity index (χ0) is 17.5. The molecule has 5 heteroatoms. The van der Waals surface area contributed by atoms with E-state index in [0.717, 1.165) is 71.3 Å². The summed E-state index contributed by atoms with van der Waals surface area (Å²) in [4.78, 5) is 5.00. The molecule has 0 aromatic heterocycles. The molecule has 0 aliphatic carbocycles. The van der Waals surface area contributed by atoms with Gasteiger partial charge in [-0.3, -0.25) is 9.80 Å². The number of nitrogens with zero attached hydrogens (tertiary/aromatic N) is 2. The van der Waals surface area contributed by atoms with Crippen molar-refractivity contribution in [3.8, 4) is 5.75 Å². The van der Waals surface area contributed by atoms with Gasteiger partial charge in [-0.05, 0) is 38.0 Å². The topological polar surface area (TPSA) is 37.0 Å². The Morgan fingerprint density at radius 1 is 1.16 bits per heavy atom. The van der Waals surface area contributed by atoms with E-state index in [-0.39, 0.29) is 0 Å². The van der Waals surface area contributed by atoms with E-state index >= 15 is 0 Å². The van der Waals surface area contributed by atoms with Crippen LogP contribution < -0.4 is 10.1 Å². The van der Waals surface area contributed by atoms with Crippen molar-refractivity contribution in [3.05, 3.63) is 29.8 Å². The van der Waals surface area contributed by atoms with Gasteiger partial charge in [0.1, 0.15) is 5.75 Å². The molecule has 0 amide bonds. The number of hydrogen-bond donors (Lipinski definition) is 1. The Bertz CT molecular complexity index is 502. The predicted molar refractivity (Wildman–Crippen MR) is 101 cm³/mol. The summed E-state index contributed by atoms with van der Waals surface area (Å²) in [6.07, 6.45) is 1.07. The molecule has 0 saturated carbocycles. The Labute approximate surface area is 152 Å². The van der Waals surface area contributed by atoms with Crippen LogP contribution in [0.1, 0.15) is 25.8 Å². The van der Waals surface area contributed by atoms with Gasteiger partial charge >= 0.3 is 0 Å². The molecule has 0 radical (unpaired) electrons. The second kappa shape index (κ2) is 9.53. The summed E-state index contributed by atoms with van der Waals surface area (Å²) >= 11 is 0. The predicted octanol–water partition coefficient (Wildman–Crippen LogP) is 1.97. The van der Waals surface area contributed by atoms with Crippen molar-refractivity contribution in [2.45, 2.75) is 38.9 Å². The van der Waals surface area contributed by atoms with E-state index in [0.29, 0.717) is 12.1 Å². The van der Waals surface area contributed by atoms with Gasteiger partial charge in [-0.15, -0.1) is 0 Å². The molecule has 1 N–H and O–H groups in total. The third-order valence-corrected chi connectivity index (χ3v) is 5.19. The first kappa shape index (κ1) is 18.6. The normalized spacial score (nSPS) is 25.8. The molecule has 0 bridgehead atoms. The number of piperazine rings is 1. The van der Waals surface area contributed by atoms with Gasteiger partial charge < -0.3 is 14.8 Å². The van der Waals surface area contributed by atoms with Gasteiger partial charge in [-0.1, -0.05) is 12.1 Å². The highest BCUT2D eigenvalue weighted by atomic mass is 16.5. The fourth-order valence-corrected chi connectivity index (χ4v) is 3.55. The first-order valence-corrected chi connectivity index (χ1v) is 9.70. The lowest BCUT2D eigenvalue weighted by molar-refractivity contribution is 0.0358. The Balaban J connectivity index is 1.38. The van der Waals surface area contributed by atoms with Gasteiger partial charge in [0.2, 0.25) is 0 Å². The van der Waals surface area contributed by atoms with Crippen molar-refractivity contribution in [3.63, 3.8) is 0 Å². The van der Waals surface area contributed by atoms with E-state index in [2.05, 4.69) is 53.2 Å². The lowest BCUT2D eigenvalue weighted by Gasteiger charge is -2.37. The van der Waals surface area contributed by atoms with Crippen molar-refractivity contribution < 1.29 is 9.47 Å². The van der Waals surface area contributed by atoms with Crippen LogP contribution in [0.5, 0.6) is 5.75 Å². The lowest BCUT2D eigenvalue weighted by atomic mass is 10.1. The first-order valence-electron chi connectivity index (χ1n) is 9.70. The van der Waals surface area contributed by atoms with Crippen LogP contribution in [0.2, 0.25) is 0 Å². The summed E-state index contributed by atoms with van der Waals surface area (Å²) < 4.78 is 11.3. The molecule has 0 unspecified atom stereocenters. The van der Waals surface area contributed by atoms with Gasteiger partial charge in [-0.2, -0.15) is 0 Å². The zero-order valence-electron chi connectivity index (χ0n) is 15.7. The van der Waals surface area contributed by atoms with E-state index in [1.165, 1.54) is 5.56 Å². The smallest absolute Gasteiger partial charge is 0.119 e. The highest BCUT2D eigenvalue weighted by molar-refractivity contribution is 5.27. The SMILES string of the molecule is C[C@@H]1CN(Cc2ccc(OCCCN3CCOCC3)cc2)[C@@H](C)CN1. The van der Waals surface area contributed by atoms with Crippen molar-refractivity contribution >= 4 is 0 Å². The summed E-state index contributed by atoms with van der Waals surface area (Å²) in [5.74, 6) is 0.979. The van der Waals surface area contributed by atoms with Gasteiger partial charge in [0, 0.05) is 51.4 Å². The number of rotatable bonds is 7. The van der Waals surface area contributed by atoms with Gasteiger partial charge in [-0.25, -0.2) is 0 Å². The van der Waals surface area contributed by atoms with E-state index in [4.69, 9.17) is 9.47 Å². The van der Waals surface area contributed by atoms with Crippen LogP contribution in [-0.4, -0.2) is 74.4 Å². The number of nitrogens with one attached hydrogen (secondary N) is 1. The molecule has 2 heterocycles. The molecule has 0 spiro atoms. The molecule has 1 aromatic carbocycles. The quantitative estimate of drug-likeness (QED) is 0.763. The second-order valence-electron chi connectivity index (χ2n) is 7.39. The standard InChI is InChI=1S/C20H33N3O2/c1-17-15-23(18(2)14-21-17)16-19-4-6-20(7-5-19)25-11-3-8-22-9-12-24-13-10-22/h4-7,17-18,21H,3,8-16H2,1-2H3/t17-,18+/m1/s1. The number of hydrogen-bond acceptors (Lipinski definition) is 5. The highest BCUT2D eigenvalue weighted by Gasteiger charge is 2.22. The molecule has 5 nitrogen and oxygen atoms in total. The summed E-state index contributed by atoms with van der Waals surface area (Å²) in [6, 6.07) is 9.80. The van der Waals surface area contributed by atoms with Crippen molar-refractivity contribution in [1.82, 2.24) is 15.1 Å². The van der Waals surface area contributed by atoms with Gasteiger partial charge in [0.15, 0.2) is 0 Å². The third kappa shape index (κ3) is 5.96. The van der Waals surface area contributed by atoms with Crippen molar-refractivity contribution in [2.24, 2.45) is 0 Å². The van der Waals surface area contributed by atoms with Crippen molar-refractivity contribution in [2.75, 3.05) is 52.5 Å². The fourth-order valence-electron chi connectivity index (χ4n) is 3.55. The maximum Gasteiger partial charge on any atom is 0.119 e. The van der Waals surface area contributed by atoms with Crippen LogP contribution in [-0.2, 0) is 11.3 Å². The molecular formula is C20H33N3O2. The Morgan fingerprint density at radius 2 is 1.92 bits per heavy atom. The Morgan fingerprint density at radius 3 is 2.68 bits per heavy atom. The number of morpholine rings is 1. The molecule has 3 rings (SSSR count). The average molecular weight is 348 g/mol. The van der Waals surface area contributed by atoms with E-state index in [9.17, 15) is 0 Å². The maximum absolute atomic E-state index is 5.90. The second-order valence-corrected chi connectivity index (χ2v) is 7.39. The van der Waals surface area contributed by atoms with Gasteiger partial charge in [0.25, 0.3) is 0 Å². The van der Waals surface area contributed by atoms with E-state index in [1.54, 1.807) is 0 Å². The summed E-state index contributed by atoms with van der Waals surface area (Å²) in [6.45, 7) is 13.5. The largest absolute Gasteiger partial charge is 0.494 e. The van der Waals surface area contributed by atoms with Crippen LogP contribution in [0.25, 0.3) is 0 Å². The van der Waals surface area contributed by atoms with Crippen LogP contribution in [0.3, 0.4) is 0 Å². The molecule has 1 aromatic rings. The number of benzene rings is 1. The molecule has 140 valence electrons. The molecule has 2 aliphatic heterocycles.